The molecular weight excluding hydrogens is 216 g/mol. The van der Waals surface area contributed by atoms with Gasteiger partial charge in [-0.15, -0.1) is 0 Å². The van der Waals surface area contributed by atoms with Gasteiger partial charge in [0.15, 0.2) is 0 Å². The Balaban J connectivity index is 2.48. The van der Waals surface area contributed by atoms with Crippen LogP contribution in [0.4, 0.5) is 0 Å². The Morgan fingerprint density at radius 2 is 2.07 bits per heavy atom. The number of rotatable bonds is 2. The van der Waals surface area contributed by atoms with E-state index in [4.69, 9.17) is 5.14 Å². The molecule has 5 nitrogen and oxygen atoms in total. The van der Waals surface area contributed by atoms with Gasteiger partial charge in [0.05, 0.1) is 0 Å². The molecule has 0 bridgehead atoms. The third-order valence-corrected chi connectivity index (χ3v) is 2.49. The van der Waals surface area contributed by atoms with Crippen LogP contribution < -0.4 is 9.32 Å². The highest BCUT2D eigenvalue weighted by Crippen LogP contribution is 2.21. The third kappa shape index (κ3) is 2.11. The van der Waals surface area contributed by atoms with Gasteiger partial charge < -0.3 is 8.75 Å². The molecule has 0 spiro atoms. The Morgan fingerprint density at radius 3 is 2.73 bits per heavy atom. The number of hydrogen-bond acceptors (Lipinski definition) is 3. The maximum atomic E-state index is 10.7. The van der Waals surface area contributed by atoms with E-state index in [-0.39, 0.29) is 5.75 Å². The maximum absolute atomic E-state index is 10.7. The fourth-order valence-corrected chi connectivity index (χ4v) is 1.82. The van der Waals surface area contributed by atoms with Crippen molar-refractivity contribution in [2.24, 2.45) is 12.2 Å². The maximum Gasteiger partial charge on any atom is 0.380 e. The summed E-state index contributed by atoms with van der Waals surface area (Å²) in [5, 5.41) is 5.66. The molecular formula is C9H10N2O3S. The summed E-state index contributed by atoms with van der Waals surface area (Å²) in [4.78, 5) is 0. The van der Waals surface area contributed by atoms with Crippen LogP contribution in [0.15, 0.2) is 30.5 Å². The lowest BCUT2D eigenvalue weighted by molar-refractivity contribution is 0.488. The van der Waals surface area contributed by atoms with E-state index in [0.717, 1.165) is 10.9 Å². The highest BCUT2D eigenvalue weighted by molar-refractivity contribution is 7.84. The summed E-state index contributed by atoms with van der Waals surface area (Å²) >= 11 is 0. The van der Waals surface area contributed by atoms with Gasteiger partial charge in [-0.05, 0) is 24.3 Å². The second-order valence-corrected chi connectivity index (χ2v) is 4.38. The second-order valence-electron chi connectivity index (χ2n) is 3.22. The van der Waals surface area contributed by atoms with Crippen LogP contribution in [0.1, 0.15) is 0 Å². The highest BCUT2D eigenvalue weighted by atomic mass is 32.2. The lowest BCUT2D eigenvalue weighted by Gasteiger charge is -2.02. The van der Waals surface area contributed by atoms with E-state index in [2.05, 4.69) is 4.18 Å². The molecule has 0 amide bonds. The van der Waals surface area contributed by atoms with Crippen LogP contribution in [0.3, 0.4) is 0 Å². The molecule has 1 aromatic heterocycles. The molecule has 0 aliphatic rings. The summed E-state index contributed by atoms with van der Waals surface area (Å²) in [6.07, 6.45) is 1.88. The van der Waals surface area contributed by atoms with Gasteiger partial charge in [0.25, 0.3) is 0 Å². The van der Waals surface area contributed by atoms with Crippen molar-refractivity contribution in [3.8, 4) is 5.75 Å². The van der Waals surface area contributed by atoms with Crippen molar-refractivity contribution in [2.45, 2.75) is 0 Å². The quantitative estimate of drug-likeness (QED) is 0.821. The Kier molecular flexibility index (Phi) is 2.17. The van der Waals surface area contributed by atoms with Gasteiger partial charge >= 0.3 is 10.3 Å². The topological polar surface area (TPSA) is 74.3 Å². The van der Waals surface area contributed by atoms with E-state index in [9.17, 15) is 8.42 Å². The smallest absolute Gasteiger partial charge is 0.371 e. The first kappa shape index (κ1) is 10.0. The standard InChI is InChI=1S/C9H10N2O3S/c1-11-5-4-7-6-8(2-3-9(7)11)14-15(10,12)13/h2-6H,1H3,(H2,10,12,13). The summed E-state index contributed by atoms with van der Waals surface area (Å²) in [5.41, 5.74) is 0.997. The molecule has 0 aliphatic heterocycles. The molecule has 0 atom stereocenters. The Hall–Kier alpha value is -1.53. The highest BCUT2D eigenvalue weighted by Gasteiger charge is 2.06. The number of hydrogen-bond donors (Lipinski definition) is 1. The van der Waals surface area contributed by atoms with E-state index in [1.165, 1.54) is 0 Å². The predicted octanol–water partition coefficient (Wildman–Crippen LogP) is 0.761. The van der Waals surface area contributed by atoms with E-state index < -0.39 is 10.3 Å². The van der Waals surface area contributed by atoms with Crippen molar-refractivity contribution in [1.29, 1.82) is 0 Å². The molecule has 0 saturated heterocycles. The zero-order valence-corrected chi connectivity index (χ0v) is 8.86. The number of nitrogens with two attached hydrogens (primary N) is 1. The van der Waals surface area contributed by atoms with Crippen LogP contribution in [-0.4, -0.2) is 13.0 Å². The van der Waals surface area contributed by atoms with Gasteiger partial charge in [0.2, 0.25) is 0 Å². The van der Waals surface area contributed by atoms with Crippen LogP contribution >= 0.6 is 0 Å². The molecule has 1 aromatic carbocycles. The zero-order chi connectivity index (χ0) is 11.1. The summed E-state index contributed by atoms with van der Waals surface area (Å²) < 4.78 is 27.9. The van der Waals surface area contributed by atoms with Crippen molar-refractivity contribution in [1.82, 2.24) is 4.57 Å². The molecule has 0 unspecified atom stereocenters. The first-order chi connectivity index (χ1) is 6.96. The van der Waals surface area contributed by atoms with Crippen LogP contribution in [0.5, 0.6) is 5.75 Å². The fourth-order valence-electron chi connectivity index (χ4n) is 1.45. The normalized spacial score (nSPS) is 11.9. The van der Waals surface area contributed by atoms with Gasteiger partial charge in [-0.3, -0.25) is 0 Å². The van der Waals surface area contributed by atoms with Crippen molar-refractivity contribution < 1.29 is 12.6 Å². The molecule has 6 heteroatoms. The minimum atomic E-state index is -3.95. The SMILES string of the molecule is Cn1ccc2cc(OS(N)(=O)=O)ccc21. The van der Waals surface area contributed by atoms with E-state index >= 15 is 0 Å². The van der Waals surface area contributed by atoms with E-state index in [0.29, 0.717) is 0 Å². The first-order valence-corrected chi connectivity index (χ1v) is 5.70. The van der Waals surface area contributed by atoms with E-state index in [1.807, 2.05) is 23.9 Å². The van der Waals surface area contributed by atoms with Crippen LogP contribution in [0.2, 0.25) is 0 Å². The third-order valence-electron chi connectivity index (χ3n) is 2.07. The largest absolute Gasteiger partial charge is 0.380 e. The summed E-state index contributed by atoms with van der Waals surface area (Å²) in [7, 11) is -2.04. The molecule has 2 rings (SSSR count). The summed E-state index contributed by atoms with van der Waals surface area (Å²) in [6, 6.07) is 6.83. The Bertz CT molecular complexity index is 601. The second kappa shape index (κ2) is 3.25. The van der Waals surface area contributed by atoms with Gasteiger partial charge in [-0.2, -0.15) is 13.6 Å². The average molecular weight is 226 g/mol. The van der Waals surface area contributed by atoms with Crippen LogP contribution in [0, 0.1) is 0 Å². The van der Waals surface area contributed by atoms with E-state index in [1.54, 1.807) is 18.2 Å². The molecule has 1 heterocycles. The first-order valence-electron chi connectivity index (χ1n) is 4.23. The molecule has 0 fully saturated rings. The molecule has 2 N–H and O–H groups in total. The zero-order valence-electron chi connectivity index (χ0n) is 8.04. The average Bonchev–Trinajstić information content (AvgIpc) is 2.45. The van der Waals surface area contributed by atoms with Crippen LogP contribution in [0.25, 0.3) is 10.9 Å². The molecule has 0 radical (unpaired) electrons. The molecule has 15 heavy (non-hydrogen) atoms. The van der Waals surface area contributed by atoms with Crippen LogP contribution in [-0.2, 0) is 17.4 Å². The number of nitrogens with zero attached hydrogens (tertiary/aromatic N) is 1. The summed E-state index contributed by atoms with van der Waals surface area (Å²) in [5.74, 6) is 0.219. The summed E-state index contributed by atoms with van der Waals surface area (Å²) in [6.45, 7) is 0. The van der Waals surface area contributed by atoms with Gasteiger partial charge in [0.1, 0.15) is 5.75 Å². The van der Waals surface area contributed by atoms with Crippen molar-refractivity contribution in [2.75, 3.05) is 0 Å². The number of benzene rings is 1. The minimum absolute atomic E-state index is 0.219. The molecule has 0 saturated carbocycles. The van der Waals surface area contributed by atoms with Crippen molar-refractivity contribution in [3.05, 3.63) is 30.5 Å². The number of aromatic nitrogens is 1. The Labute approximate surface area is 87.3 Å². The number of fused-ring (bicyclic) bond motifs is 1. The minimum Gasteiger partial charge on any atom is -0.371 e. The van der Waals surface area contributed by atoms with Gasteiger partial charge in [-0.25, -0.2) is 0 Å². The van der Waals surface area contributed by atoms with Gasteiger partial charge in [-0.1, -0.05) is 0 Å². The molecule has 80 valence electrons. The lowest BCUT2D eigenvalue weighted by atomic mass is 10.2. The lowest BCUT2D eigenvalue weighted by Crippen LogP contribution is -2.18. The number of aryl methyl sites for hydroxylation is 1. The van der Waals surface area contributed by atoms with Crippen molar-refractivity contribution >= 4 is 21.2 Å². The Morgan fingerprint density at radius 1 is 1.33 bits per heavy atom. The monoisotopic (exact) mass is 226 g/mol. The molecule has 0 aliphatic carbocycles. The fraction of sp³-hybridized carbons (Fsp3) is 0.111. The molecule has 2 aromatic rings. The van der Waals surface area contributed by atoms with Crippen molar-refractivity contribution in [3.63, 3.8) is 0 Å². The van der Waals surface area contributed by atoms with Gasteiger partial charge in [0, 0.05) is 24.1 Å². The predicted molar refractivity (Wildman–Crippen MR) is 56.7 cm³/mol.